The van der Waals surface area contributed by atoms with Crippen molar-refractivity contribution in [2.75, 3.05) is 7.05 Å². The van der Waals surface area contributed by atoms with Crippen molar-refractivity contribution in [1.29, 1.82) is 0 Å². The molecule has 2 atom stereocenters. The van der Waals surface area contributed by atoms with Crippen LogP contribution in [0.15, 0.2) is 18.7 Å². The Morgan fingerprint density at radius 2 is 1.89 bits per heavy atom. The fourth-order valence-corrected chi connectivity index (χ4v) is 2.25. The van der Waals surface area contributed by atoms with Gasteiger partial charge in [0.2, 0.25) is 0 Å². The van der Waals surface area contributed by atoms with Crippen molar-refractivity contribution in [3.05, 3.63) is 24.3 Å². The Balaban J connectivity index is 2.35. The van der Waals surface area contributed by atoms with E-state index in [2.05, 4.69) is 9.97 Å². The van der Waals surface area contributed by atoms with Crippen LogP contribution in [0.3, 0.4) is 0 Å². The molecular weight excluding hydrogens is 274 g/mol. The highest BCUT2D eigenvalue weighted by Gasteiger charge is 2.47. The van der Waals surface area contributed by atoms with Gasteiger partial charge in [-0.2, -0.15) is 12.7 Å². The molecule has 1 aromatic heterocycles. The molecule has 0 amide bonds. The van der Waals surface area contributed by atoms with Gasteiger partial charge in [0, 0.05) is 25.0 Å². The minimum atomic E-state index is -4.39. The van der Waals surface area contributed by atoms with Crippen molar-refractivity contribution in [1.82, 2.24) is 14.3 Å². The summed E-state index contributed by atoms with van der Waals surface area (Å²) in [5.74, 6) is -0.982. The molecule has 0 aromatic carbocycles. The number of aromatic nitrogens is 2. The maximum absolute atomic E-state index is 11.2. The number of hydrogen-bond donors (Lipinski definition) is 1. The quantitative estimate of drug-likeness (QED) is 0.801. The van der Waals surface area contributed by atoms with Crippen LogP contribution in [0.1, 0.15) is 25.5 Å². The molecule has 1 aliphatic heterocycles. The second-order valence-electron chi connectivity index (χ2n) is 4.61. The van der Waals surface area contributed by atoms with Crippen LogP contribution in [0, 0.1) is 0 Å². The van der Waals surface area contributed by atoms with Crippen molar-refractivity contribution in [2.24, 2.45) is 0 Å². The van der Waals surface area contributed by atoms with E-state index in [0.29, 0.717) is 9.87 Å². The van der Waals surface area contributed by atoms with Crippen LogP contribution in [0.25, 0.3) is 0 Å². The predicted molar refractivity (Wildman–Crippen MR) is 64.1 cm³/mol. The molecule has 2 heterocycles. The van der Waals surface area contributed by atoms with Crippen molar-refractivity contribution in [3.63, 3.8) is 0 Å². The maximum Gasteiger partial charge on any atom is 0.337 e. The Morgan fingerprint density at radius 1 is 1.32 bits per heavy atom. The fourth-order valence-electron chi connectivity index (χ4n) is 1.83. The molecule has 1 fully saturated rings. The molecule has 2 unspecified atom stereocenters. The fraction of sp³-hybridized carbons (Fsp3) is 0.600. The van der Waals surface area contributed by atoms with Crippen LogP contribution < -0.4 is 0 Å². The van der Waals surface area contributed by atoms with Gasteiger partial charge in [0.1, 0.15) is 12.4 Å². The molecule has 0 spiro atoms. The summed E-state index contributed by atoms with van der Waals surface area (Å²) in [6, 6.07) is 0. The Hall–Kier alpha value is -1.13. The highest BCUT2D eigenvalue weighted by atomic mass is 32.2. The molecule has 1 N–H and O–H groups in total. The number of likely N-dealkylation sites (N-methyl/N-ethyl adjacent to an activating group) is 1. The lowest BCUT2D eigenvalue weighted by molar-refractivity contribution is -0.154. The van der Waals surface area contributed by atoms with Gasteiger partial charge in [-0.15, -0.1) is 0 Å². The van der Waals surface area contributed by atoms with E-state index in [1.165, 1.54) is 25.8 Å². The third-order valence-corrected chi connectivity index (χ3v) is 3.64. The first-order chi connectivity index (χ1) is 8.71. The first-order valence-corrected chi connectivity index (χ1v) is 6.91. The summed E-state index contributed by atoms with van der Waals surface area (Å²) in [5.41, 5.74) is 0.563. The smallest absolute Gasteiger partial charge is 0.337 e. The topological polar surface area (TPSA) is 102 Å². The minimum Gasteiger partial charge on any atom is -0.338 e. The summed E-state index contributed by atoms with van der Waals surface area (Å²) in [7, 11) is -3.18. The zero-order valence-corrected chi connectivity index (χ0v) is 11.5. The molecule has 0 bridgehead atoms. The predicted octanol–water partition coefficient (Wildman–Crippen LogP) is 0.361. The molecule has 1 aliphatic rings. The molecule has 0 radical (unpaired) electrons. The molecular formula is C10H15N3O5S. The minimum absolute atomic E-state index is 0.563. The number of rotatable bonds is 3. The van der Waals surface area contributed by atoms with E-state index in [4.69, 9.17) is 14.0 Å². The van der Waals surface area contributed by atoms with Gasteiger partial charge < -0.3 is 9.47 Å². The highest BCUT2D eigenvalue weighted by Crippen LogP contribution is 2.39. The number of hydrogen-bond acceptors (Lipinski definition) is 6. The average Bonchev–Trinajstić information content (AvgIpc) is 2.64. The third kappa shape index (κ3) is 3.07. The summed E-state index contributed by atoms with van der Waals surface area (Å²) in [6.07, 6.45) is 2.66. The van der Waals surface area contributed by atoms with E-state index in [1.807, 2.05) is 0 Å². The normalized spacial score (nSPS) is 26.8. The zero-order valence-electron chi connectivity index (χ0n) is 10.7. The summed E-state index contributed by atoms with van der Waals surface area (Å²) in [5, 5.41) is 0. The lowest BCUT2D eigenvalue weighted by Crippen LogP contribution is -2.40. The third-order valence-electron chi connectivity index (χ3n) is 2.71. The van der Waals surface area contributed by atoms with E-state index >= 15 is 0 Å². The van der Waals surface area contributed by atoms with Gasteiger partial charge in [-0.25, -0.2) is 9.97 Å². The van der Waals surface area contributed by atoms with Gasteiger partial charge in [0.25, 0.3) is 0 Å². The van der Waals surface area contributed by atoms with Crippen molar-refractivity contribution in [2.45, 2.75) is 32.0 Å². The van der Waals surface area contributed by atoms with E-state index in [-0.39, 0.29) is 0 Å². The highest BCUT2D eigenvalue weighted by molar-refractivity contribution is 7.83. The maximum atomic E-state index is 11.2. The molecule has 0 saturated carbocycles. The van der Waals surface area contributed by atoms with Gasteiger partial charge in [-0.1, -0.05) is 0 Å². The lowest BCUT2D eigenvalue weighted by atomic mass is 10.2. The van der Waals surface area contributed by atoms with E-state index in [9.17, 15) is 8.42 Å². The van der Waals surface area contributed by atoms with E-state index in [1.54, 1.807) is 13.8 Å². The van der Waals surface area contributed by atoms with Crippen LogP contribution in [0.4, 0.5) is 0 Å². The van der Waals surface area contributed by atoms with Crippen LogP contribution in [0.5, 0.6) is 0 Å². The second kappa shape index (κ2) is 4.76. The first-order valence-electron chi connectivity index (χ1n) is 5.52. The second-order valence-corrected chi connectivity index (χ2v) is 6.08. The first kappa shape index (κ1) is 14.3. The average molecular weight is 289 g/mol. The summed E-state index contributed by atoms with van der Waals surface area (Å²) in [4.78, 5) is 7.71. The van der Waals surface area contributed by atoms with Crippen LogP contribution in [-0.4, -0.2) is 46.3 Å². The van der Waals surface area contributed by atoms with E-state index < -0.39 is 28.4 Å². The van der Waals surface area contributed by atoms with Gasteiger partial charge in [0.05, 0.1) is 0 Å². The Labute approximate surface area is 111 Å². The van der Waals surface area contributed by atoms with Gasteiger partial charge >= 0.3 is 10.3 Å². The molecule has 1 aromatic rings. The molecule has 2 rings (SSSR count). The molecule has 8 nitrogen and oxygen atoms in total. The zero-order chi connectivity index (χ0) is 14.3. The van der Waals surface area contributed by atoms with Crippen molar-refractivity contribution < 1.29 is 22.4 Å². The van der Waals surface area contributed by atoms with Crippen molar-refractivity contribution in [3.8, 4) is 0 Å². The van der Waals surface area contributed by atoms with Gasteiger partial charge in [-0.3, -0.25) is 4.55 Å². The van der Waals surface area contributed by atoms with Crippen molar-refractivity contribution >= 4 is 10.3 Å². The monoisotopic (exact) mass is 289 g/mol. The molecule has 19 heavy (non-hydrogen) atoms. The SMILES string of the molecule is CN(C1OC(C)(C)OC1c1cncnc1)S(=O)(=O)O. The van der Waals surface area contributed by atoms with E-state index in [0.717, 1.165) is 0 Å². The summed E-state index contributed by atoms with van der Waals surface area (Å²) < 4.78 is 43.4. The molecule has 106 valence electrons. The summed E-state index contributed by atoms with van der Waals surface area (Å²) in [6.45, 7) is 3.31. The van der Waals surface area contributed by atoms with Gasteiger partial charge in [-0.05, 0) is 13.8 Å². The summed E-state index contributed by atoms with van der Waals surface area (Å²) >= 11 is 0. The molecule has 9 heteroatoms. The largest absolute Gasteiger partial charge is 0.338 e. The standard InChI is InChI=1S/C10H15N3O5S/c1-10(2)17-8(7-4-11-6-12-5-7)9(18-10)13(3)19(14,15)16/h4-6,8-9H,1-3H3,(H,14,15,16). The molecule has 0 aliphatic carbocycles. The Kier molecular flexibility index (Phi) is 3.58. The lowest BCUT2D eigenvalue weighted by Gasteiger charge is -2.23. The molecule has 1 saturated heterocycles. The number of ether oxygens (including phenoxy) is 2. The van der Waals surface area contributed by atoms with Crippen LogP contribution in [0.2, 0.25) is 0 Å². The van der Waals surface area contributed by atoms with Crippen LogP contribution >= 0.6 is 0 Å². The van der Waals surface area contributed by atoms with Gasteiger partial charge in [0.15, 0.2) is 12.0 Å². The number of nitrogens with zero attached hydrogens (tertiary/aromatic N) is 3. The van der Waals surface area contributed by atoms with Crippen LogP contribution in [-0.2, 0) is 19.8 Å². The Bertz CT molecular complexity index is 548. The Morgan fingerprint density at radius 3 is 2.42 bits per heavy atom.